The van der Waals surface area contributed by atoms with Crippen molar-refractivity contribution in [1.29, 1.82) is 0 Å². The smallest absolute Gasteiger partial charge is 0.271 e. The van der Waals surface area contributed by atoms with Crippen LogP contribution in [-0.4, -0.2) is 24.6 Å². The number of anilines is 1. The molecule has 0 aromatic heterocycles. The summed E-state index contributed by atoms with van der Waals surface area (Å²) in [6.07, 6.45) is 0.0921. The number of hydrogen-bond acceptors (Lipinski definition) is 4. The SMILES string of the molecule is COc1ccc(C(=O)N/N=C(\C)CC(=O)Nc2ccc(C(C)C)cc2)cc1. The lowest BCUT2D eigenvalue weighted by atomic mass is 10.0. The van der Waals surface area contributed by atoms with E-state index < -0.39 is 0 Å². The molecule has 0 atom stereocenters. The molecule has 6 heteroatoms. The van der Waals surface area contributed by atoms with Gasteiger partial charge in [-0.2, -0.15) is 5.10 Å². The third-order valence-corrected chi connectivity index (χ3v) is 3.98. The second-order valence-electron chi connectivity index (χ2n) is 6.52. The first-order valence-corrected chi connectivity index (χ1v) is 8.76. The van der Waals surface area contributed by atoms with Crippen LogP contribution in [0.3, 0.4) is 0 Å². The highest BCUT2D eigenvalue weighted by molar-refractivity contribution is 6.06. The lowest BCUT2D eigenvalue weighted by Gasteiger charge is -2.08. The molecule has 0 saturated carbocycles. The van der Waals surface area contributed by atoms with Gasteiger partial charge in [0.1, 0.15) is 5.75 Å². The maximum Gasteiger partial charge on any atom is 0.271 e. The summed E-state index contributed by atoms with van der Waals surface area (Å²) in [5, 5.41) is 6.81. The Morgan fingerprint density at radius 2 is 1.67 bits per heavy atom. The van der Waals surface area contributed by atoms with Gasteiger partial charge in [-0.05, 0) is 54.8 Å². The van der Waals surface area contributed by atoms with Gasteiger partial charge in [0.25, 0.3) is 5.91 Å². The van der Waals surface area contributed by atoms with Gasteiger partial charge in [0.2, 0.25) is 5.91 Å². The first kappa shape index (κ1) is 20.2. The standard InChI is InChI=1S/C21H25N3O3/c1-14(2)16-5-9-18(10-6-16)22-20(25)13-15(3)23-24-21(26)17-7-11-19(27-4)12-8-17/h5-12,14H,13H2,1-4H3,(H,22,25)(H,24,26)/b23-15+. The number of methoxy groups -OCH3 is 1. The first-order valence-electron chi connectivity index (χ1n) is 8.76. The number of carbonyl (C=O) groups excluding carboxylic acids is 2. The molecule has 2 N–H and O–H groups in total. The normalized spacial score (nSPS) is 11.2. The third-order valence-electron chi connectivity index (χ3n) is 3.98. The Morgan fingerprint density at radius 3 is 2.22 bits per heavy atom. The topological polar surface area (TPSA) is 79.8 Å². The molecule has 0 heterocycles. The maximum absolute atomic E-state index is 12.1. The van der Waals surface area contributed by atoms with Crippen LogP contribution in [0.1, 0.15) is 49.0 Å². The van der Waals surface area contributed by atoms with Crippen LogP contribution in [0.2, 0.25) is 0 Å². The molecule has 27 heavy (non-hydrogen) atoms. The Labute approximate surface area is 159 Å². The Balaban J connectivity index is 1.86. The zero-order chi connectivity index (χ0) is 19.8. The minimum Gasteiger partial charge on any atom is -0.497 e. The van der Waals surface area contributed by atoms with E-state index in [4.69, 9.17) is 4.74 Å². The average molecular weight is 367 g/mol. The molecule has 142 valence electrons. The van der Waals surface area contributed by atoms with Crippen molar-refractivity contribution in [3.63, 3.8) is 0 Å². The summed E-state index contributed by atoms with van der Waals surface area (Å²) >= 11 is 0. The largest absolute Gasteiger partial charge is 0.497 e. The molecule has 0 bridgehead atoms. The molecule has 0 spiro atoms. The van der Waals surface area contributed by atoms with E-state index in [0.717, 1.165) is 5.69 Å². The molecule has 2 aromatic rings. The van der Waals surface area contributed by atoms with Crippen molar-refractivity contribution in [1.82, 2.24) is 5.43 Å². The molecule has 0 radical (unpaired) electrons. The zero-order valence-electron chi connectivity index (χ0n) is 16.1. The molecule has 0 fully saturated rings. The van der Waals surface area contributed by atoms with Crippen molar-refractivity contribution in [3.05, 3.63) is 59.7 Å². The van der Waals surface area contributed by atoms with Crippen molar-refractivity contribution < 1.29 is 14.3 Å². The van der Waals surface area contributed by atoms with E-state index in [-0.39, 0.29) is 18.2 Å². The highest BCUT2D eigenvalue weighted by atomic mass is 16.5. The van der Waals surface area contributed by atoms with Crippen LogP contribution in [0.4, 0.5) is 5.69 Å². The zero-order valence-corrected chi connectivity index (χ0v) is 16.1. The van der Waals surface area contributed by atoms with Gasteiger partial charge in [-0.1, -0.05) is 26.0 Å². The minimum absolute atomic E-state index is 0.0921. The van der Waals surface area contributed by atoms with Crippen molar-refractivity contribution >= 4 is 23.2 Å². The molecule has 0 aliphatic rings. The van der Waals surface area contributed by atoms with Crippen LogP contribution in [0.25, 0.3) is 0 Å². The number of carbonyl (C=O) groups is 2. The van der Waals surface area contributed by atoms with E-state index in [2.05, 4.69) is 29.7 Å². The summed E-state index contributed by atoms with van der Waals surface area (Å²) < 4.78 is 5.05. The predicted molar refractivity (Wildman–Crippen MR) is 107 cm³/mol. The van der Waals surface area contributed by atoms with Gasteiger partial charge < -0.3 is 10.1 Å². The molecule has 0 aliphatic heterocycles. The first-order chi connectivity index (χ1) is 12.9. The van der Waals surface area contributed by atoms with E-state index in [0.29, 0.717) is 22.9 Å². The quantitative estimate of drug-likeness (QED) is 0.574. The van der Waals surface area contributed by atoms with E-state index >= 15 is 0 Å². The van der Waals surface area contributed by atoms with Gasteiger partial charge in [0, 0.05) is 17.0 Å². The molecular formula is C21H25N3O3. The summed E-state index contributed by atoms with van der Waals surface area (Å²) in [5.74, 6) is 0.580. The van der Waals surface area contributed by atoms with Crippen LogP contribution in [0.5, 0.6) is 5.75 Å². The van der Waals surface area contributed by atoms with E-state index in [1.165, 1.54) is 5.56 Å². The highest BCUT2D eigenvalue weighted by Gasteiger charge is 2.08. The van der Waals surface area contributed by atoms with Crippen LogP contribution in [-0.2, 0) is 4.79 Å². The predicted octanol–water partition coefficient (Wildman–Crippen LogP) is 3.95. The molecular weight excluding hydrogens is 342 g/mol. The molecule has 0 unspecified atom stereocenters. The number of benzene rings is 2. The van der Waals surface area contributed by atoms with Gasteiger partial charge in [0.15, 0.2) is 0 Å². The second kappa shape index (κ2) is 9.52. The number of nitrogens with one attached hydrogen (secondary N) is 2. The summed E-state index contributed by atoms with van der Waals surface area (Å²) in [6, 6.07) is 14.4. The van der Waals surface area contributed by atoms with Crippen molar-refractivity contribution in [2.24, 2.45) is 5.10 Å². The van der Waals surface area contributed by atoms with Gasteiger partial charge >= 0.3 is 0 Å². The fraction of sp³-hybridized carbons (Fsp3) is 0.286. The number of amides is 2. The summed E-state index contributed by atoms with van der Waals surface area (Å²) in [5.41, 5.74) is 5.37. The fourth-order valence-corrected chi connectivity index (χ4v) is 2.38. The summed E-state index contributed by atoms with van der Waals surface area (Å²) in [7, 11) is 1.56. The van der Waals surface area contributed by atoms with E-state index in [1.807, 2.05) is 24.3 Å². The van der Waals surface area contributed by atoms with Gasteiger partial charge in [-0.3, -0.25) is 9.59 Å². The van der Waals surface area contributed by atoms with Crippen molar-refractivity contribution in [2.75, 3.05) is 12.4 Å². The average Bonchev–Trinajstić information content (AvgIpc) is 2.66. The Kier molecular flexibility index (Phi) is 7.11. The maximum atomic E-state index is 12.1. The monoisotopic (exact) mass is 367 g/mol. The summed E-state index contributed by atoms with van der Waals surface area (Å²) in [6.45, 7) is 5.93. The molecule has 2 rings (SSSR count). The number of rotatable bonds is 7. The Bertz CT molecular complexity index is 810. The second-order valence-corrected chi connectivity index (χ2v) is 6.52. The van der Waals surface area contributed by atoms with Crippen molar-refractivity contribution in [2.45, 2.75) is 33.1 Å². The van der Waals surface area contributed by atoms with E-state index in [1.54, 1.807) is 38.3 Å². The molecule has 6 nitrogen and oxygen atoms in total. The van der Waals surface area contributed by atoms with Crippen LogP contribution < -0.4 is 15.5 Å². The number of hydrogen-bond donors (Lipinski definition) is 2. The Morgan fingerprint density at radius 1 is 1.04 bits per heavy atom. The van der Waals surface area contributed by atoms with Gasteiger partial charge in [-0.15, -0.1) is 0 Å². The molecule has 2 aromatic carbocycles. The molecule has 0 aliphatic carbocycles. The van der Waals surface area contributed by atoms with Gasteiger partial charge in [-0.25, -0.2) is 5.43 Å². The molecule has 0 saturated heterocycles. The number of nitrogens with zero attached hydrogens (tertiary/aromatic N) is 1. The fourth-order valence-electron chi connectivity index (χ4n) is 2.38. The lowest BCUT2D eigenvalue weighted by Crippen LogP contribution is -2.21. The van der Waals surface area contributed by atoms with E-state index in [9.17, 15) is 9.59 Å². The van der Waals surface area contributed by atoms with Crippen molar-refractivity contribution in [3.8, 4) is 5.75 Å². The van der Waals surface area contributed by atoms with Crippen LogP contribution in [0, 0.1) is 0 Å². The van der Waals surface area contributed by atoms with Crippen LogP contribution >= 0.6 is 0 Å². The van der Waals surface area contributed by atoms with Gasteiger partial charge in [0.05, 0.1) is 13.5 Å². The number of hydrazone groups is 1. The third kappa shape index (κ3) is 6.26. The highest BCUT2D eigenvalue weighted by Crippen LogP contribution is 2.17. The number of ether oxygens (including phenoxy) is 1. The Hall–Kier alpha value is -3.15. The lowest BCUT2D eigenvalue weighted by molar-refractivity contribution is -0.115. The molecule has 2 amide bonds. The van der Waals surface area contributed by atoms with Crippen LogP contribution in [0.15, 0.2) is 53.6 Å². The minimum atomic E-state index is -0.346. The summed E-state index contributed by atoms with van der Waals surface area (Å²) in [4.78, 5) is 24.2.